The lowest BCUT2D eigenvalue weighted by Crippen LogP contribution is -2.37. The second-order valence-electron chi connectivity index (χ2n) is 5.72. The van der Waals surface area contributed by atoms with E-state index in [1.165, 1.54) is 50.6 Å². The number of nitrogens with one attached hydrogen (secondary N) is 1. The Hall–Kier alpha value is -0.830. The monoisotopic (exact) mass is 249 g/mol. The molecule has 2 rings (SSSR count). The second-order valence-corrected chi connectivity index (χ2v) is 5.72. The smallest absolute Gasteiger partial charge is 0.0521 e. The van der Waals surface area contributed by atoms with Crippen LogP contribution in [0.25, 0.3) is 0 Å². The summed E-state index contributed by atoms with van der Waals surface area (Å²) in [4.78, 5) is 0. The average Bonchev–Trinajstić information content (AvgIpc) is 2.85. The minimum atomic E-state index is 0.482. The summed E-state index contributed by atoms with van der Waals surface area (Å²) in [7, 11) is 0. The third-order valence-corrected chi connectivity index (χ3v) is 4.25. The summed E-state index contributed by atoms with van der Waals surface area (Å²) >= 11 is 0. The SMILES string of the molecule is CCNCC1(Cc2cnn(CC)c2)CCCCC1. The highest BCUT2D eigenvalue weighted by Crippen LogP contribution is 2.38. The number of rotatable bonds is 6. The van der Waals surface area contributed by atoms with E-state index in [4.69, 9.17) is 0 Å². The zero-order valence-electron chi connectivity index (χ0n) is 11.9. The predicted molar refractivity (Wildman–Crippen MR) is 75.7 cm³/mol. The Morgan fingerprint density at radius 1 is 1.28 bits per heavy atom. The van der Waals surface area contributed by atoms with Crippen molar-refractivity contribution in [3.63, 3.8) is 0 Å². The molecule has 1 aromatic rings. The Balaban J connectivity index is 2.03. The summed E-state index contributed by atoms with van der Waals surface area (Å²) in [5.41, 5.74) is 1.90. The fourth-order valence-electron chi connectivity index (χ4n) is 3.21. The molecule has 18 heavy (non-hydrogen) atoms. The van der Waals surface area contributed by atoms with Crippen LogP contribution < -0.4 is 5.32 Å². The Labute approximate surface area is 111 Å². The third-order valence-electron chi connectivity index (χ3n) is 4.25. The van der Waals surface area contributed by atoms with Gasteiger partial charge in [0.1, 0.15) is 0 Å². The normalized spacial score (nSPS) is 19.0. The minimum Gasteiger partial charge on any atom is -0.316 e. The molecular formula is C15H27N3. The number of aromatic nitrogens is 2. The molecule has 1 N–H and O–H groups in total. The largest absolute Gasteiger partial charge is 0.316 e. The van der Waals surface area contributed by atoms with Crippen LogP contribution in [0.3, 0.4) is 0 Å². The molecule has 0 atom stereocenters. The Bertz CT molecular complexity index is 350. The number of nitrogens with zero attached hydrogens (tertiary/aromatic N) is 2. The molecule has 0 saturated heterocycles. The van der Waals surface area contributed by atoms with Crippen LogP contribution in [0.2, 0.25) is 0 Å². The predicted octanol–water partition coefficient (Wildman–Crippen LogP) is 3.01. The van der Waals surface area contributed by atoms with Gasteiger partial charge in [0.25, 0.3) is 0 Å². The van der Waals surface area contributed by atoms with Gasteiger partial charge in [-0.25, -0.2) is 0 Å². The first-order valence-electron chi connectivity index (χ1n) is 7.50. The van der Waals surface area contributed by atoms with Crippen molar-refractivity contribution < 1.29 is 0 Å². The standard InChI is InChI=1S/C15H27N3/c1-3-16-13-15(8-6-5-7-9-15)10-14-11-17-18(4-2)12-14/h11-12,16H,3-10,13H2,1-2H3. The van der Waals surface area contributed by atoms with Gasteiger partial charge in [0.05, 0.1) is 6.20 Å². The van der Waals surface area contributed by atoms with E-state index in [2.05, 4.69) is 36.7 Å². The molecule has 1 fully saturated rings. The summed E-state index contributed by atoms with van der Waals surface area (Å²) in [5.74, 6) is 0. The molecule has 1 aliphatic carbocycles. The summed E-state index contributed by atoms with van der Waals surface area (Å²) in [6.07, 6.45) is 12.4. The Morgan fingerprint density at radius 3 is 2.67 bits per heavy atom. The van der Waals surface area contributed by atoms with Crippen LogP contribution in [-0.4, -0.2) is 22.9 Å². The number of hydrogen-bond acceptors (Lipinski definition) is 2. The van der Waals surface area contributed by atoms with Crippen LogP contribution in [0.1, 0.15) is 51.5 Å². The molecule has 0 bridgehead atoms. The van der Waals surface area contributed by atoms with Crippen molar-refractivity contribution in [1.29, 1.82) is 0 Å². The average molecular weight is 249 g/mol. The summed E-state index contributed by atoms with van der Waals surface area (Å²) in [6, 6.07) is 0. The molecular weight excluding hydrogens is 222 g/mol. The maximum absolute atomic E-state index is 4.41. The Kier molecular flexibility index (Phi) is 4.81. The van der Waals surface area contributed by atoms with Crippen molar-refractivity contribution in [3.8, 4) is 0 Å². The zero-order chi connectivity index (χ0) is 12.8. The van der Waals surface area contributed by atoms with Crippen molar-refractivity contribution >= 4 is 0 Å². The van der Waals surface area contributed by atoms with Gasteiger partial charge in [0.15, 0.2) is 0 Å². The summed E-state index contributed by atoms with van der Waals surface area (Å²) < 4.78 is 2.04. The zero-order valence-corrected chi connectivity index (χ0v) is 11.9. The highest BCUT2D eigenvalue weighted by Gasteiger charge is 2.32. The van der Waals surface area contributed by atoms with E-state index in [0.29, 0.717) is 5.41 Å². The van der Waals surface area contributed by atoms with Gasteiger partial charge < -0.3 is 5.32 Å². The molecule has 3 heteroatoms. The maximum Gasteiger partial charge on any atom is 0.0521 e. The van der Waals surface area contributed by atoms with Crippen LogP contribution in [0.5, 0.6) is 0 Å². The Morgan fingerprint density at radius 2 is 2.06 bits per heavy atom. The lowest BCUT2D eigenvalue weighted by Gasteiger charge is -2.37. The van der Waals surface area contributed by atoms with Crippen LogP contribution in [0.15, 0.2) is 12.4 Å². The van der Waals surface area contributed by atoms with Crippen molar-refractivity contribution in [2.75, 3.05) is 13.1 Å². The summed E-state index contributed by atoms with van der Waals surface area (Å²) in [6.45, 7) is 7.56. The number of aryl methyl sites for hydroxylation is 1. The molecule has 3 nitrogen and oxygen atoms in total. The van der Waals surface area contributed by atoms with E-state index < -0.39 is 0 Å². The van der Waals surface area contributed by atoms with Gasteiger partial charge in [-0.2, -0.15) is 5.10 Å². The van der Waals surface area contributed by atoms with E-state index in [1.54, 1.807) is 0 Å². The van der Waals surface area contributed by atoms with E-state index >= 15 is 0 Å². The highest BCUT2D eigenvalue weighted by molar-refractivity contribution is 5.08. The molecule has 0 aliphatic heterocycles. The van der Waals surface area contributed by atoms with Crippen molar-refractivity contribution in [2.24, 2.45) is 5.41 Å². The molecule has 0 unspecified atom stereocenters. The molecule has 0 radical (unpaired) electrons. The van der Waals surface area contributed by atoms with Gasteiger partial charge in [0, 0.05) is 19.3 Å². The van der Waals surface area contributed by atoms with Gasteiger partial charge in [-0.05, 0) is 43.7 Å². The second kappa shape index (κ2) is 6.37. The fourth-order valence-corrected chi connectivity index (χ4v) is 3.21. The molecule has 1 heterocycles. The van der Waals surface area contributed by atoms with E-state index in [9.17, 15) is 0 Å². The first-order valence-corrected chi connectivity index (χ1v) is 7.50. The van der Waals surface area contributed by atoms with Crippen molar-refractivity contribution in [3.05, 3.63) is 18.0 Å². The summed E-state index contributed by atoms with van der Waals surface area (Å²) in [5, 5.41) is 7.98. The fraction of sp³-hybridized carbons (Fsp3) is 0.800. The van der Waals surface area contributed by atoms with Gasteiger partial charge in [-0.15, -0.1) is 0 Å². The van der Waals surface area contributed by atoms with Gasteiger partial charge >= 0.3 is 0 Å². The molecule has 0 spiro atoms. The quantitative estimate of drug-likeness (QED) is 0.840. The maximum atomic E-state index is 4.41. The van der Waals surface area contributed by atoms with Crippen LogP contribution in [-0.2, 0) is 13.0 Å². The number of hydrogen-bond donors (Lipinski definition) is 1. The third kappa shape index (κ3) is 3.35. The van der Waals surface area contributed by atoms with E-state index in [0.717, 1.165) is 13.1 Å². The first kappa shape index (κ1) is 13.6. The van der Waals surface area contributed by atoms with Gasteiger partial charge in [-0.1, -0.05) is 26.2 Å². The molecule has 0 amide bonds. The molecule has 0 aromatic carbocycles. The first-order chi connectivity index (χ1) is 8.78. The molecule has 1 aromatic heterocycles. The lowest BCUT2D eigenvalue weighted by atomic mass is 9.70. The van der Waals surface area contributed by atoms with Crippen LogP contribution in [0, 0.1) is 5.41 Å². The van der Waals surface area contributed by atoms with Crippen molar-refractivity contribution in [1.82, 2.24) is 15.1 Å². The van der Waals surface area contributed by atoms with Crippen LogP contribution in [0.4, 0.5) is 0 Å². The van der Waals surface area contributed by atoms with Gasteiger partial charge in [0.2, 0.25) is 0 Å². The molecule has 102 valence electrons. The van der Waals surface area contributed by atoms with Crippen molar-refractivity contribution in [2.45, 2.75) is 58.9 Å². The van der Waals surface area contributed by atoms with E-state index in [-0.39, 0.29) is 0 Å². The van der Waals surface area contributed by atoms with E-state index in [1.807, 2.05) is 4.68 Å². The molecule has 1 saturated carbocycles. The topological polar surface area (TPSA) is 29.9 Å². The lowest BCUT2D eigenvalue weighted by molar-refractivity contribution is 0.182. The highest BCUT2D eigenvalue weighted by atomic mass is 15.3. The van der Waals surface area contributed by atoms with Crippen LogP contribution >= 0.6 is 0 Å². The molecule has 1 aliphatic rings. The minimum absolute atomic E-state index is 0.482. The van der Waals surface area contributed by atoms with Gasteiger partial charge in [-0.3, -0.25) is 4.68 Å².